The molecule has 1 aromatic carbocycles. The summed E-state index contributed by atoms with van der Waals surface area (Å²) in [5.41, 5.74) is 1.49. The molecule has 0 aromatic heterocycles. The van der Waals surface area contributed by atoms with Crippen LogP contribution in [0.15, 0.2) is 18.2 Å². The van der Waals surface area contributed by atoms with E-state index < -0.39 is 0 Å². The summed E-state index contributed by atoms with van der Waals surface area (Å²) in [4.78, 5) is 0. The van der Waals surface area contributed by atoms with Gasteiger partial charge < -0.3 is 5.11 Å². The lowest BCUT2D eigenvalue weighted by atomic mass is 10.0. The van der Waals surface area contributed by atoms with Crippen LogP contribution in [0.25, 0.3) is 0 Å². The molecule has 0 aliphatic rings. The molecule has 0 fully saturated rings. The highest BCUT2D eigenvalue weighted by Crippen LogP contribution is 2.18. The molecule has 0 aliphatic carbocycles. The fourth-order valence-corrected chi connectivity index (χ4v) is 1.13. The van der Waals surface area contributed by atoms with Crippen molar-refractivity contribution in [2.75, 3.05) is 6.61 Å². The van der Waals surface area contributed by atoms with E-state index >= 15 is 0 Å². The largest absolute Gasteiger partial charge is 0.396 e. The fourth-order valence-electron chi connectivity index (χ4n) is 1.13. The summed E-state index contributed by atoms with van der Waals surface area (Å²) in [7, 11) is 0. The molecule has 0 amide bonds. The van der Waals surface area contributed by atoms with Gasteiger partial charge in [0.05, 0.1) is 0 Å². The van der Waals surface area contributed by atoms with Crippen molar-refractivity contribution in [1.82, 2.24) is 0 Å². The van der Waals surface area contributed by atoms with Crippen LogP contribution in [0.1, 0.15) is 24.0 Å². The van der Waals surface area contributed by atoms with Crippen molar-refractivity contribution in [2.45, 2.75) is 19.8 Å². The predicted molar refractivity (Wildman–Crippen MR) is 46.6 cm³/mol. The highest BCUT2D eigenvalue weighted by atomic mass is 19.1. The Labute approximate surface area is 71.9 Å². The maximum absolute atomic E-state index is 13.2. The summed E-state index contributed by atoms with van der Waals surface area (Å²) in [5.74, 6) is -0.345. The van der Waals surface area contributed by atoms with Crippen molar-refractivity contribution in [3.63, 3.8) is 0 Å². The molecule has 1 N–H and O–H groups in total. The third-order valence-electron chi connectivity index (χ3n) is 1.96. The van der Waals surface area contributed by atoms with Gasteiger partial charge in [-0.1, -0.05) is 19.1 Å². The van der Waals surface area contributed by atoms with E-state index in [-0.39, 0.29) is 18.3 Å². The van der Waals surface area contributed by atoms with E-state index in [0.717, 1.165) is 5.56 Å². The molecule has 0 radical (unpaired) electrons. The van der Waals surface area contributed by atoms with Gasteiger partial charge in [-0.05, 0) is 24.1 Å². The number of rotatable bonds is 2. The molecule has 1 rings (SSSR count). The maximum atomic E-state index is 13.2. The predicted octanol–water partition coefficient (Wildman–Crippen LogP) is 2.23. The van der Waals surface area contributed by atoms with Gasteiger partial charge in [0.15, 0.2) is 0 Å². The smallest absolute Gasteiger partial charge is 0.127 e. The van der Waals surface area contributed by atoms with Gasteiger partial charge in [0.1, 0.15) is 5.82 Å². The lowest BCUT2D eigenvalue weighted by Crippen LogP contribution is -2.01. The van der Waals surface area contributed by atoms with Gasteiger partial charge in [-0.15, -0.1) is 0 Å². The van der Waals surface area contributed by atoms with Crippen LogP contribution in [-0.4, -0.2) is 11.7 Å². The molecular formula is C10H13FO. The molecule has 1 nitrogen and oxygen atoms in total. The second-order valence-electron chi connectivity index (χ2n) is 3.11. The Morgan fingerprint density at radius 3 is 2.67 bits per heavy atom. The van der Waals surface area contributed by atoms with Gasteiger partial charge >= 0.3 is 0 Å². The molecular weight excluding hydrogens is 155 g/mol. The van der Waals surface area contributed by atoms with E-state index in [1.807, 2.05) is 13.0 Å². The summed E-state index contributed by atoms with van der Waals surface area (Å²) in [6.45, 7) is 3.63. The number of aryl methyl sites for hydroxylation is 1. The molecule has 0 spiro atoms. The minimum Gasteiger partial charge on any atom is -0.396 e. The number of aliphatic hydroxyl groups excluding tert-OH is 1. The highest BCUT2D eigenvalue weighted by Gasteiger charge is 2.08. The van der Waals surface area contributed by atoms with E-state index in [1.54, 1.807) is 13.0 Å². The second-order valence-corrected chi connectivity index (χ2v) is 3.11. The molecule has 12 heavy (non-hydrogen) atoms. The Hall–Kier alpha value is -0.890. The molecule has 1 aromatic rings. The molecule has 0 aliphatic heterocycles. The quantitative estimate of drug-likeness (QED) is 0.718. The zero-order valence-electron chi connectivity index (χ0n) is 7.34. The number of benzene rings is 1. The molecule has 0 heterocycles. The first-order chi connectivity index (χ1) is 5.65. The van der Waals surface area contributed by atoms with E-state index in [9.17, 15) is 4.39 Å². The maximum Gasteiger partial charge on any atom is 0.127 e. The molecule has 66 valence electrons. The van der Waals surface area contributed by atoms with Crippen molar-refractivity contribution in [2.24, 2.45) is 0 Å². The normalized spacial score (nSPS) is 13.0. The second kappa shape index (κ2) is 3.68. The van der Waals surface area contributed by atoms with Crippen LogP contribution in [-0.2, 0) is 0 Å². The van der Waals surface area contributed by atoms with E-state index in [2.05, 4.69) is 0 Å². The Balaban J connectivity index is 3.01. The van der Waals surface area contributed by atoms with Gasteiger partial charge in [-0.3, -0.25) is 0 Å². The van der Waals surface area contributed by atoms with Gasteiger partial charge in [-0.2, -0.15) is 0 Å². The number of halogens is 1. The van der Waals surface area contributed by atoms with E-state index in [1.165, 1.54) is 6.07 Å². The average molecular weight is 168 g/mol. The monoisotopic (exact) mass is 168 g/mol. The van der Waals surface area contributed by atoms with Crippen molar-refractivity contribution in [3.05, 3.63) is 35.1 Å². The van der Waals surface area contributed by atoms with Gasteiger partial charge in [0, 0.05) is 12.5 Å². The topological polar surface area (TPSA) is 20.2 Å². The number of hydrogen-bond donors (Lipinski definition) is 1. The number of aliphatic hydroxyl groups is 1. The van der Waals surface area contributed by atoms with Crippen LogP contribution in [0.5, 0.6) is 0 Å². The van der Waals surface area contributed by atoms with Crippen molar-refractivity contribution < 1.29 is 9.50 Å². The average Bonchev–Trinajstić information content (AvgIpc) is 2.03. The summed E-state index contributed by atoms with van der Waals surface area (Å²) >= 11 is 0. The van der Waals surface area contributed by atoms with Gasteiger partial charge in [0.25, 0.3) is 0 Å². The zero-order valence-corrected chi connectivity index (χ0v) is 7.34. The minimum atomic E-state index is -0.225. The Morgan fingerprint density at radius 1 is 1.50 bits per heavy atom. The summed E-state index contributed by atoms with van der Waals surface area (Å²) in [6.07, 6.45) is 0. The van der Waals surface area contributed by atoms with E-state index in [4.69, 9.17) is 5.11 Å². The molecule has 1 unspecified atom stereocenters. The third kappa shape index (κ3) is 1.83. The SMILES string of the molecule is Cc1ccc(C(C)CO)c(F)c1. The molecule has 0 saturated heterocycles. The lowest BCUT2D eigenvalue weighted by molar-refractivity contribution is 0.270. The first-order valence-electron chi connectivity index (χ1n) is 4.02. The molecule has 0 saturated carbocycles. The Kier molecular flexibility index (Phi) is 2.82. The van der Waals surface area contributed by atoms with Crippen LogP contribution < -0.4 is 0 Å². The van der Waals surface area contributed by atoms with Crippen molar-refractivity contribution >= 4 is 0 Å². The zero-order chi connectivity index (χ0) is 9.14. The minimum absolute atomic E-state index is 0.0139. The van der Waals surface area contributed by atoms with Crippen LogP contribution in [0.3, 0.4) is 0 Å². The van der Waals surface area contributed by atoms with Crippen molar-refractivity contribution in [3.8, 4) is 0 Å². The first-order valence-corrected chi connectivity index (χ1v) is 4.02. The first kappa shape index (κ1) is 9.20. The van der Waals surface area contributed by atoms with Crippen molar-refractivity contribution in [1.29, 1.82) is 0 Å². The van der Waals surface area contributed by atoms with Gasteiger partial charge in [-0.25, -0.2) is 4.39 Å². The Morgan fingerprint density at radius 2 is 2.17 bits per heavy atom. The molecule has 1 atom stereocenters. The van der Waals surface area contributed by atoms with Crippen LogP contribution in [0.4, 0.5) is 4.39 Å². The Bertz CT molecular complexity index is 271. The third-order valence-corrected chi connectivity index (χ3v) is 1.96. The molecule has 2 heteroatoms. The summed E-state index contributed by atoms with van der Waals surface area (Å²) in [5, 5.41) is 8.82. The standard InChI is InChI=1S/C10H13FO/c1-7-3-4-9(8(2)6-12)10(11)5-7/h3-5,8,12H,6H2,1-2H3. The lowest BCUT2D eigenvalue weighted by Gasteiger charge is -2.09. The van der Waals surface area contributed by atoms with Crippen LogP contribution in [0, 0.1) is 12.7 Å². The highest BCUT2D eigenvalue weighted by molar-refractivity contribution is 5.26. The van der Waals surface area contributed by atoms with Crippen LogP contribution in [0.2, 0.25) is 0 Å². The van der Waals surface area contributed by atoms with Gasteiger partial charge in [0.2, 0.25) is 0 Å². The fraction of sp³-hybridized carbons (Fsp3) is 0.400. The number of hydrogen-bond acceptors (Lipinski definition) is 1. The summed E-state index contributed by atoms with van der Waals surface area (Å²) < 4.78 is 13.2. The van der Waals surface area contributed by atoms with E-state index in [0.29, 0.717) is 5.56 Å². The van der Waals surface area contributed by atoms with Crippen LogP contribution >= 0.6 is 0 Å². The molecule has 0 bridgehead atoms. The summed E-state index contributed by atoms with van der Waals surface area (Å²) in [6, 6.07) is 5.07.